The van der Waals surface area contributed by atoms with Gasteiger partial charge in [-0.1, -0.05) is 17.7 Å². The van der Waals surface area contributed by atoms with E-state index in [2.05, 4.69) is 10.1 Å². The summed E-state index contributed by atoms with van der Waals surface area (Å²) < 4.78 is 18.3. The van der Waals surface area contributed by atoms with Crippen molar-refractivity contribution in [2.45, 2.75) is 25.0 Å². The molecule has 0 bridgehead atoms. The van der Waals surface area contributed by atoms with Gasteiger partial charge in [-0.2, -0.15) is 5.10 Å². The summed E-state index contributed by atoms with van der Waals surface area (Å²) in [5.74, 6) is -0.000300. The van der Waals surface area contributed by atoms with E-state index < -0.39 is 5.82 Å². The quantitative estimate of drug-likeness (QED) is 0.438. The molecule has 9 heteroatoms. The Kier molecular flexibility index (Phi) is 4.28. The summed E-state index contributed by atoms with van der Waals surface area (Å²) in [7, 11) is 1.83. The second-order valence-corrected chi connectivity index (χ2v) is 8.54. The van der Waals surface area contributed by atoms with Gasteiger partial charge < -0.3 is 9.67 Å². The zero-order chi connectivity index (χ0) is 22.0. The Bertz CT molecular complexity index is 1480. The first-order chi connectivity index (χ1) is 15.5. The molecule has 1 N–H and O–H groups in total. The molecular formula is C23H18ClFN6O. The number of halogens is 2. The van der Waals surface area contributed by atoms with Crippen molar-refractivity contribution >= 4 is 33.7 Å². The molecule has 1 saturated carbocycles. The van der Waals surface area contributed by atoms with E-state index in [1.54, 1.807) is 24.5 Å². The van der Waals surface area contributed by atoms with Gasteiger partial charge in [-0.15, -0.1) is 0 Å². The Labute approximate surface area is 187 Å². The largest absolute Gasteiger partial charge is 0.393 e. The predicted octanol–water partition coefficient (Wildman–Crippen LogP) is 4.54. The molecule has 0 unspecified atom stereocenters. The lowest BCUT2D eigenvalue weighted by Crippen LogP contribution is -2.30. The fraction of sp³-hybridized carbons (Fsp3) is 0.217. The van der Waals surface area contributed by atoms with Crippen LogP contribution in [0.2, 0.25) is 5.02 Å². The summed E-state index contributed by atoms with van der Waals surface area (Å²) in [5, 5.41) is 14.3. The van der Waals surface area contributed by atoms with Gasteiger partial charge in [-0.3, -0.25) is 9.67 Å². The molecule has 0 amide bonds. The van der Waals surface area contributed by atoms with E-state index in [0.29, 0.717) is 45.9 Å². The van der Waals surface area contributed by atoms with E-state index in [-0.39, 0.29) is 17.7 Å². The van der Waals surface area contributed by atoms with Gasteiger partial charge in [0, 0.05) is 18.8 Å². The number of rotatable bonds is 3. The molecule has 1 fully saturated rings. The molecule has 2 aromatic carbocycles. The van der Waals surface area contributed by atoms with Gasteiger partial charge in [0.1, 0.15) is 22.7 Å². The van der Waals surface area contributed by atoms with Crippen LogP contribution in [0.3, 0.4) is 0 Å². The molecule has 0 saturated heterocycles. The lowest BCUT2D eigenvalue weighted by molar-refractivity contribution is 0.0434. The highest BCUT2D eigenvalue weighted by atomic mass is 35.5. The summed E-state index contributed by atoms with van der Waals surface area (Å²) >= 11 is 6.29. The second-order valence-electron chi connectivity index (χ2n) is 8.14. The highest BCUT2D eigenvalue weighted by Crippen LogP contribution is 2.35. The van der Waals surface area contributed by atoms with E-state index in [0.717, 1.165) is 11.1 Å². The molecule has 5 aromatic rings. The molecule has 0 spiro atoms. The maximum atomic E-state index is 14.6. The lowest BCUT2D eigenvalue weighted by Gasteiger charge is -2.31. The van der Waals surface area contributed by atoms with Crippen LogP contribution in [0, 0.1) is 5.82 Å². The first kappa shape index (κ1) is 19.3. The molecular weight excluding hydrogens is 431 g/mol. The average molecular weight is 449 g/mol. The van der Waals surface area contributed by atoms with Crippen LogP contribution in [-0.2, 0) is 7.05 Å². The first-order valence-electron chi connectivity index (χ1n) is 10.3. The van der Waals surface area contributed by atoms with Crippen molar-refractivity contribution in [1.82, 2.24) is 29.3 Å². The van der Waals surface area contributed by atoms with Crippen LogP contribution >= 0.6 is 11.6 Å². The third kappa shape index (κ3) is 2.91. The Hall–Kier alpha value is -3.36. The fourth-order valence-electron chi connectivity index (χ4n) is 4.25. The smallest absolute Gasteiger partial charge is 0.145 e. The highest BCUT2D eigenvalue weighted by Gasteiger charge is 2.29. The molecule has 0 radical (unpaired) electrons. The summed E-state index contributed by atoms with van der Waals surface area (Å²) in [4.78, 5) is 14.1. The molecule has 0 atom stereocenters. The minimum Gasteiger partial charge on any atom is -0.393 e. The van der Waals surface area contributed by atoms with Crippen LogP contribution in [-0.4, -0.2) is 40.5 Å². The molecule has 3 aromatic heterocycles. The van der Waals surface area contributed by atoms with Crippen molar-refractivity contribution in [3.8, 4) is 22.6 Å². The third-order valence-corrected chi connectivity index (χ3v) is 6.42. The van der Waals surface area contributed by atoms with E-state index in [9.17, 15) is 9.50 Å². The molecule has 3 heterocycles. The van der Waals surface area contributed by atoms with Crippen LogP contribution in [0.15, 0.2) is 48.9 Å². The van der Waals surface area contributed by atoms with Gasteiger partial charge in [0.2, 0.25) is 0 Å². The standard InChI is InChI=1S/C23H18ClFN6O/c1-30-19-6-5-17-21(22(19)29-23(30)20-15(24)3-2-4-16(20)25)28-18(10-26-17)12-9-27-31(11-12)13-7-14(32)8-13/h2-6,9-11,13-14,32H,7-8H2,1H3. The van der Waals surface area contributed by atoms with Gasteiger partial charge >= 0.3 is 0 Å². The number of fused-ring (bicyclic) bond motifs is 3. The maximum Gasteiger partial charge on any atom is 0.145 e. The van der Waals surface area contributed by atoms with E-state index in [1.807, 2.05) is 34.6 Å². The lowest BCUT2D eigenvalue weighted by atomic mass is 9.90. The summed E-state index contributed by atoms with van der Waals surface area (Å²) in [6, 6.07) is 8.58. The number of hydrogen-bond acceptors (Lipinski definition) is 5. The second kappa shape index (κ2) is 7.08. The summed E-state index contributed by atoms with van der Waals surface area (Å²) in [6.07, 6.45) is 6.56. The normalized spacial score (nSPS) is 18.4. The number of imidazole rings is 1. The number of nitrogens with zero attached hydrogens (tertiary/aromatic N) is 6. The predicted molar refractivity (Wildman–Crippen MR) is 120 cm³/mol. The van der Waals surface area contributed by atoms with Crippen molar-refractivity contribution in [1.29, 1.82) is 0 Å². The van der Waals surface area contributed by atoms with E-state index in [1.165, 1.54) is 6.07 Å². The minimum absolute atomic E-state index is 0.211. The number of aromatic nitrogens is 6. The van der Waals surface area contributed by atoms with Crippen molar-refractivity contribution < 1.29 is 9.50 Å². The molecule has 1 aliphatic rings. The molecule has 32 heavy (non-hydrogen) atoms. The number of aliphatic hydroxyl groups is 1. The Morgan fingerprint density at radius 3 is 2.72 bits per heavy atom. The zero-order valence-electron chi connectivity index (χ0n) is 17.1. The SMILES string of the molecule is Cn1c(-c2c(F)cccc2Cl)nc2c3nc(-c4cnn(C5CC(O)C5)c4)cnc3ccc21. The van der Waals surface area contributed by atoms with Gasteiger partial charge in [-0.25, -0.2) is 14.4 Å². The Morgan fingerprint density at radius 1 is 1.09 bits per heavy atom. The minimum atomic E-state index is -0.430. The topological polar surface area (TPSA) is 81.7 Å². The van der Waals surface area contributed by atoms with Crippen LogP contribution in [0.5, 0.6) is 0 Å². The van der Waals surface area contributed by atoms with Gasteiger partial charge in [-0.05, 0) is 37.1 Å². The van der Waals surface area contributed by atoms with E-state index in [4.69, 9.17) is 21.6 Å². The molecule has 1 aliphatic carbocycles. The van der Waals surface area contributed by atoms with Gasteiger partial charge in [0.25, 0.3) is 0 Å². The number of hydrogen-bond donors (Lipinski definition) is 1. The van der Waals surface area contributed by atoms with Crippen molar-refractivity contribution in [3.05, 3.63) is 59.8 Å². The average Bonchev–Trinajstić information content (AvgIpc) is 3.37. The van der Waals surface area contributed by atoms with Gasteiger partial charge in [0.05, 0.1) is 51.9 Å². The first-order valence-corrected chi connectivity index (χ1v) is 10.7. The van der Waals surface area contributed by atoms with Crippen molar-refractivity contribution in [2.24, 2.45) is 7.05 Å². The third-order valence-electron chi connectivity index (χ3n) is 6.11. The Balaban J connectivity index is 1.50. The monoisotopic (exact) mass is 448 g/mol. The molecule has 0 aliphatic heterocycles. The van der Waals surface area contributed by atoms with Gasteiger partial charge in [0.15, 0.2) is 0 Å². The highest BCUT2D eigenvalue weighted by molar-refractivity contribution is 6.33. The van der Waals surface area contributed by atoms with E-state index >= 15 is 0 Å². The number of benzene rings is 2. The molecule has 7 nitrogen and oxygen atoms in total. The fourth-order valence-corrected chi connectivity index (χ4v) is 4.50. The van der Waals surface area contributed by atoms with Crippen molar-refractivity contribution in [3.63, 3.8) is 0 Å². The number of aliphatic hydroxyl groups excluding tert-OH is 1. The summed E-state index contributed by atoms with van der Waals surface area (Å²) in [6.45, 7) is 0. The summed E-state index contributed by atoms with van der Waals surface area (Å²) in [5.41, 5.74) is 4.52. The van der Waals surface area contributed by atoms with Crippen LogP contribution in [0.4, 0.5) is 4.39 Å². The van der Waals surface area contributed by atoms with Crippen LogP contribution in [0.1, 0.15) is 18.9 Å². The number of aryl methyl sites for hydroxylation is 1. The molecule has 6 rings (SSSR count). The Morgan fingerprint density at radius 2 is 1.94 bits per heavy atom. The molecule has 160 valence electrons. The zero-order valence-corrected chi connectivity index (χ0v) is 17.8. The maximum absolute atomic E-state index is 14.6. The van der Waals surface area contributed by atoms with Crippen LogP contribution in [0.25, 0.3) is 44.7 Å². The van der Waals surface area contributed by atoms with Crippen molar-refractivity contribution in [2.75, 3.05) is 0 Å². The van der Waals surface area contributed by atoms with Crippen LogP contribution < -0.4 is 0 Å².